The van der Waals surface area contributed by atoms with Crippen LogP contribution in [0, 0.1) is 0 Å². The molecule has 0 rings (SSSR count). The lowest BCUT2D eigenvalue weighted by Gasteiger charge is -2.18. The molecule has 0 bridgehead atoms. The van der Waals surface area contributed by atoms with Crippen LogP contribution in [0.15, 0.2) is 23.0 Å². The average Bonchev–Trinajstić information content (AvgIpc) is 2.21. The third-order valence-electron chi connectivity index (χ3n) is 2.20. The third-order valence-corrected chi connectivity index (χ3v) is 2.20. The van der Waals surface area contributed by atoms with E-state index in [-0.39, 0.29) is 12.1 Å². The van der Waals surface area contributed by atoms with Crippen molar-refractivity contribution in [2.75, 3.05) is 6.54 Å². The molecule has 0 saturated heterocycles. The molecule has 0 fully saturated rings. The molecule has 0 heterocycles. The Bertz CT molecular complexity index is 277. The van der Waals surface area contributed by atoms with Crippen molar-refractivity contribution in [2.24, 2.45) is 5.73 Å². The van der Waals surface area contributed by atoms with Crippen molar-refractivity contribution in [2.45, 2.75) is 39.8 Å². The van der Waals surface area contributed by atoms with E-state index in [0.717, 1.165) is 0 Å². The Morgan fingerprint density at radius 1 is 1.31 bits per heavy atom. The zero-order valence-corrected chi connectivity index (χ0v) is 9.91. The van der Waals surface area contributed by atoms with Crippen LogP contribution in [0.1, 0.15) is 33.6 Å². The van der Waals surface area contributed by atoms with Gasteiger partial charge in [0, 0.05) is 12.2 Å². The molecule has 0 aliphatic heterocycles. The van der Waals surface area contributed by atoms with Gasteiger partial charge < -0.3 is 11.1 Å². The van der Waals surface area contributed by atoms with Crippen LogP contribution < -0.4 is 11.1 Å². The van der Waals surface area contributed by atoms with Crippen molar-refractivity contribution < 1.29 is 13.2 Å². The van der Waals surface area contributed by atoms with Gasteiger partial charge in [0.1, 0.15) is 5.70 Å². The number of nitrogens with one attached hydrogen (secondary N) is 1. The molecule has 0 aromatic heterocycles. The standard InChI is InChI=1S/C11H19F3N2/c1-4-6-9(7-15)16-10(8(3)5-2)11(12,13)14/h6,16H,4-5,7,15H2,1-3H3/b9-6+,10-8-. The number of nitrogens with two attached hydrogens (primary N) is 1. The van der Waals surface area contributed by atoms with Crippen molar-refractivity contribution in [1.82, 2.24) is 5.32 Å². The van der Waals surface area contributed by atoms with Gasteiger partial charge in [0.15, 0.2) is 0 Å². The zero-order chi connectivity index (χ0) is 12.8. The second-order valence-electron chi connectivity index (χ2n) is 3.47. The minimum Gasteiger partial charge on any atom is -0.354 e. The maximum Gasteiger partial charge on any atom is 0.431 e. The lowest BCUT2D eigenvalue weighted by Crippen LogP contribution is -2.30. The highest BCUT2D eigenvalue weighted by Gasteiger charge is 2.35. The first-order chi connectivity index (χ1) is 7.36. The molecule has 0 aromatic rings. The molecule has 0 atom stereocenters. The van der Waals surface area contributed by atoms with Crippen LogP contribution in [-0.4, -0.2) is 12.7 Å². The topological polar surface area (TPSA) is 38.0 Å². The summed E-state index contributed by atoms with van der Waals surface area (Å²) in [6.45, 7) is 5.08. The molecular formula is C11H19F3N2. The van der Waals surface area contributed by atoms with E-state index < -0.39 is 11.9 Å². The number of halogens is 3. The van der Waals surface area contributed by atoms with Gasteiger partial charge in [0.05, 0.1) is 0 Å². The molecule has 5 heteroatoms. The fourth-order valence-corrected chi connectivity index (χ4v) is 1.19. The Morgan fingerprint density at radius 2 is 1.88 bits per heavy atom. The second kappa shape index (κ2) is 6.58. The molecular weight excluding hydrogens is 217 g/mol. The molecule has 94 valence electrons. The average molecular weight is 236 g/mol. The van der Waals surface area contributed by atoms with E-state index in [1.807, 2.05) is 6.92 Å². The van der Waals surface area contributed by atoms with E-state index in [1.165, 1.54) is 6.92 Å². The summed E-state index contributed by atoms with van der Waals surface area (Å²) < 4.78 is 38.1. The van der Waals surface area contributed by atoms with Gasteiger partial charge in [0.25, 0.3) is 0 Å². The molecule has 0 radical (unpaired) electrons. The summed E-state index contributed by atoms with van der Waals surface area (Å²) >= 11 is 0. The maximum atomic E-state index is 12.7. The van der Waals surface area contributed by atoms with Crippen LogP contribution in [0.5, 0.6) is 0 Å². The Balaban J connectivity index is 5.04. The summed E-state index contributed by atoms with van der Waals surface area (Å²) in [6.07, 6.45) is -1.70. The number of hydrogen-bond acceptors (Lipinski definition) is 2. The monoisotopic (exact) mass is 236 g/mol. The van der Waals surface area contributed by atoms with Gasteiger partial charge in [-0.3, -0.25) is 0 Å². The van der Waals surface area contributed by atoms with Crippen LogP contribution in [0.3, 0.4) is 0 Å². The predicted molar refractivity (Wildman–Crippen MR) is 59.6 cm³/mol. The van der Waals surface area contributed by atoms with Crippen LogP contribution in [-0.2, 0) is 0 Å². The van der Waals surface area contributed by atoms with E-state index in [1.54, 1.807) is 13.0 Å². The molecule has 0 aliphatic carbocycles. The molecule has 0 spiro atoms. The van der Waals surface area contributed by atoms with E-state index in [4.69, 9.17) is 5.73 Å². The molecule has 2 nitrogen and oxygen atoms in total. The van der Waals surface area contributed by atoms with Crippen LogP contribution >= 0.6 is 0 Å². The van der Waals surface area contributed by atoms with Gasteiger partial charge in [-0.05, 0) is 25.3 Å². The van der Waals surface area contributed by atoms with Gasteiger partial charge >= 0.3 is 6.18 Å². The smallest absolute Gasteiger partial charge is 0.354 e. The molecule has 0 amide bonds. The van der Waals surface area contributed by atoms with Gasteiger partial charge in [-0.25, -0.2) is 0 Å². The van der Waals surface area contributed by atoms with E-state index in [9.17, 15) is 13.2 Å². The van der Waals surface area contributed by atoms with Gasteiger partial charge in [-0.15, -0.1) is 0 Å². The quantitative estimate of drug-likeness (QED) is 0.769. The highest BCUT2D eigenvalue weighted by atomic mass is 19.4. The third kappa shape index (κ3) is 4.70. The number of rotatable bonds is 5. The van der Waals surface area contributed by atoms with E-state index >= 15 is 0 Å². The van der Waals surface area contributed by atoms with Crippen molar-refractivity contribution in [3.63, 3.8) is 0 Å². The molecule has 16 heavy (non-hydrogen) atoms. The Hall–Kier alpha value is -0.970. The second-order valence-corrected chi connectivity index (χ2v) is 3.47. The SMILES string of the molecule is CC/C=C(\CN)N/C(=C(/C)CC)C(F)(F)F. The van der Waals surface area contributed by atoms with E-state index in [2.05, 4.69) is 5.32 Å². The van der Waals surface area contributed by atoms with E-state index in [0.29, 0.717) is 18.5 Å². The zero-order valence-electron chi connectivity index (χ0n) is 9.91. The first-order valence-electron chi connectivity index (χ1n) is 5.29. The summed E-state index contributed by atoms with van der Waals surface area (Å²) in [7, 11) is 0. The highest BCUT2D eigenvalue weighted by molar-refractivity contribution is 5.21. The summed E-state index contributed by atoms with van der Waals surface area (Å²) in [4.78, 5) is 0. The minimum absolute atomic E-state index is 0.0738. The molecule has 0 aromatic carbocycles. The van der Waals surface area contributed by atoms with Crippen molar-refractivity contribution >= 4 is 0 Å². The Kier molecular flexibility index (Phi) is 6.18. The molecule has 3 N–H and O–H groups in total. The predicted octanol–water partition coefficient (Wildman–Crippen LogP) is 3.07. The highest BCUT2D eigenvalue weighted by Crippen LogP contribution is 2.27. The number of allylic oxidation sites excluding steroid dienone is 3. The number of alkyl halides is 3. The van der Waals surface area contributed by atoms with Crippen LogP contribution in [0.2, 0.25) is 0 Å². The van der Waals surface area contributed by atoms with Crippen molar-refractivity contribution in [1.29, 1.82) is 0 Å². The Labute approximate surface area is 94.4 Å². The summed E-state index contributed by atoms with van der Waals surface area (Å²) in [5.74, 6) is 0. The maximum absolute atomic E-state index is 12.7. The summed E-state index contributed by atoms with van der Waals surface area (Å²) in [5, 5.41) is 2.39. The number of hydrogen-bond donors (Lipinski definition) is 2. The van der Waals surface area contributed by atoms with Gasteiger partial charge in [0.2, 0.25) is 0 Å². The molecule has 0 saturated carbocycles. The fraction of sp³-hybridized carbons (Fsp3) is 0.636. The van der Waals surface area contributed by atoms with Crippen molar-refractivity contribution in [3.05, 3.63) is 23.0 Å². The van der Waals surface area contributed by atoms with Gasteiger partial charge in [-0.1, -0.05) is 19.9 Å². The minimum atomic E-state index is -4.36. The fourth-order valence-electron chi connectivity index (χ4n) is 1.19. The Morgan fingerprint density at radius 3 is 2.19 bits per heavy atom. The molecule has 0 aliphatic rings. The first-order valence-corrected chi connectivity index (χ1v) is 5.29. The van der Waals surface area contributed by atoms with Gasteiger partial charge in [-0.2, -0.15) is 13.2 Å². The van der Waals surface area contributed by atoms with Crippen LogP contribution in [0.4, 0.5) is 13.2 Å². The summed E-state index contributed by atoms with van der Waals surface area (Å²) in [5.41, 5.74) is 5.36. The molecule has 0 unspecified atom stereocenters. The normalized spacial score (nSPS) is 14.8. The summed E-state index contributed by atoms with van der Waals surface area (Å²) in [6, 6.07) is 0. The largest absolute Gasteiger partial charge is 0.431 e. The van der Waals surface area contributed by atoms with Crippen molar-refractivity contribution in [3.8, 4) is 0 Å². The first kappa shape index (κ1) is 15.0. The lowest BCUT2D eigenvalue weighted by atomic mass is 10.1. The van der Waals surface area contributed by atoms with Crippen LogP contribution in [0.25, 0.3) is 0 Å². The lowest BCUT2D eigenvalue weighted by molar-refractivity contribution is -0.0968.